The van der Waals surface area contributed by atoms with Gasteiger partial charge in [-0.2, -0.15) is 18.3 Å². The van der Waals surface area contributed by atoms with Gasteiger partial charge in [-0.15, -0.1) is 0 Å². The minimum Gasteiger partial charge on any atom is -0.391 e. The molecular weight excluding hydrogens is 313 g/mol. The Hall–Kier alpha value is -1.61. The second-order valence-corrected chi connectivity index (χ2v) is 6.68. The first-order chi connectivity index (χ1) is 10.5. The summed E-state index contributed by atoms with van der Waals surface area (Å²) in [5.41, 5.74) is -2.48. The molecule has 1 aliphatic heterocycles. The maximum Gasteiger partial charge on any atom is 0.433 e. The Morgan fingerprint density at radius 1 is 1.43 bits per heavy atom. The van der Waals surface area contributed by atoms with Crippen molar-refractivity contribution in [3.05, 3.63) is 17.5 Å². The van der Waals surface area contributed by atoms with Gasteiger partial charge >= 0.3 is 6.18 Å². The van der Waals surface area contributed by atoms with Gasteiger partial charge in [0.1, 0.15) is 0 Å². The molecule has 1 amide bonds. The zero-order chi connectivity index (χ0) is 17.4. The summed E-state index contributed by atoms with van der Waals surface area (Å²) in [5, 5.41) is 18.8. The summed E-state index contributed by atoms with van der Waals surface area (Å²) in [6, 6.07) is 0. The third-order valence-corrected chi connectivity index (χ3v) is 3.75. The van der Waals surface area contributed by atoms with Crippen molar-refractivity contribution in [3.63, 3.8) is 0 Å². The lowest BCUT2D eigenvalue weighted by Gasteiger charge is -2.24. The number of alkyl halides is 3. The fourth-order valence-electron chi connectivity index (χ4n) is 2.54. The highest BCUT2D eigenvalue weighted by Crippen LogP contribution is 2.34. The molecule has 0 aromatic carbocycles. The molecule has 9 heteroatoms. The maximum absolute atomic E-state index is 13.3. The molecule has 0 spiro atoms. The quantitative estimate of drug-likeness (QED) is 0.770. The number of aromatic nitrogens is 2. The summed E-state index contributed by atoms with van der Waals surface area (Å²) in [7, 11) is 0. The van der Waals surface area contributed by atoms with Crippen molar-refractivity contribution in [1.29, 1.82) is 0 Å². The smallest absolute Gasteiger partial charge is 0.391 e. The van der Waals surface area contributed by atoms with Gasteiger partial charge in [-0.05, 0) is 20.8 Å². The standard InChI is InChI=1S/C14H21F3N4O2/c1-13(2,3)21-11(14(15,16)17)9(6-20-21)12(23)19-5-8-4-18-7-10(8)22/h6,8,10,18,22H,4-5,7H2,1-3H3,(H,19,23). The predicted octanol–water partition coefficient (Wildman–Crippen LogP) is 0.967. The van der Waals surface area contributed by atoms with E-state index in [-0.39, 0.29) is 12.5 Å². The lowest BCUT2D eigenvalue weighted by Crippen LogP contribution is -2.36. The number of carbonyl (C=O) groups excluding carboxylic acids is 1. The molecule has 2 heterocycles. The molecule has 3 N–H and O–H groups in total. The average molecular weight is 334 g/mol. The lowest BCUT2D eigenvalue weighted by molar-refractivity contribution is -0.146. The van der Waals surface area contributed by atoms with Gasteiger partial charge in [0.25, 0.3) is 5.91 Å². The van der Waals surface area contributed by atoms with Crippen LogP contribution in [0, 0.1) is 5.92 Å². The van der Waals surface area contributed by atoms with E-state index in [0.29, 0.717) is 13.1 Å². The van der Waals surface area contributed by atoms with Crippen molar-refractivity contribution >= 4 is 5.91 Å². The minimum absolute atomic E-state index is 0.102. The summed E-state index contributed by atoms with van der Waals surface area (Å²) >= 11 is 0. The molecule has 130 valence electrons. The molecule has 6 nitrogen and oxygen atoms in total. The molecule has 0 bridgehead atoms. The highest BCUT2D eigenvalue weighted by molar-refractivity contribution is 5.95. The molecule has 23 heavy (non-hydrogen) atoms. The Morgan fingerprint density at radius 2 is 2.09 bits per heavy atom. The lowest BCUT2D eigenvalue weighted by atomic mass is 10.1. The van der Waals surface area contributed by atoms with Crippen LogP contribution in [0.5, 0.6) is 0 Å². The second-order valence-electron chi connectivity index (χ2n) is 6.68. The van der Waals surface area contributed by atoms with Crippen LogP contribution in [-0.4, -0.2) is 46.5 Å². The monoisotopic (exact) mass is 334 g/mol. The summed E-state index contributed by atoms with van der Waals surface area (Å²) in [5.74, 6) is -1.06. The highest BCUT2D eigenvalue weighted by atomic mass is 19.4. The molecule has 1 aromatic rings. The van der Waals surface area contributed by atoms with Crippen molar-refractivity contribution in [1.82, 2.24) is 20.4 Å². The van der Waals surface area contributed by atoms with E-state index >= 15 is 0 Å². The summed E-state index contributed by atoms with van der Waals surface area (Å²) in [6.45, 7) is 5.77. The molecule has 2 atom stereocenters. The zero-order valence-electron chi connectivity index (χ0n) is 13.2. The van der Waals surface area contributed by atoms with Crippen LogP contribution in [0.1, 0.15) is 36.8 Å². The number of hydrogen-bond acceptors (Lipinski definition) is 4. The van der Waals surface area contributed by atoms with Crippen molar-refractivity contribution in [2.75, 3.05) is 19.6 Å². The van der Waals surface area contributed by atoms with Gasteiger partial charge in [-0.25, -0.2) is 0 Å². The van der Waals surface area contributed by atoms with E-state index in [4.69, 9.17) is 0 Å². The van der Waals surface area contributed by atoms with Crippen LogP contribution >= 0.6 is 0 Å². The highest BCUT2D eigenvalue weighted by Gasteiger charge is 2.42. The Morgan fingerprint density at radius 3 is 2.57 bits per heavy atom. The molecular formula is C14H21F3N4O2. The fourth-order valence-corrected chi connectivity index (χ4v) is 2.54. The number of aliphatic hydroxyl groups excluding tert-OH is 1. The molecule has 1 aliphatic rings. The molecule has 0 aliphatic carbocycles. The first kappa shape index (κ1) is 17.7. The number of β-amino-alcohol motifs (C(OH)–C–C–N with tert-alkyl or cyclic N) is 1. The van der Waals surface area contributed by atoms with E-state index < -0.39 is 35.0 Å². The number of nitrogens with zero attached hydrogens (tertiary/aromatic N) is 2. The van der Waals surface area contributed by atoms with Crippen LogP contribution in [0.4, 0.5) is 13.2 Å². The summed E-state index contributed by atoms with van der Waals surface area (Å²) in [6.07, 6.45) is -4.37. The van der Waals surface area contributed by atoms with Gasteiger partial charge < -0.3 is 15.7 Å². The van der Waals surface area contributed by atoms with Crippen molar-refractivity contribution < 1.29 is 23.1 Å². The molecule has 1 aromatic heterocycles. The molecule has 0 radical (unpaired) electrons. The molecule has 1 fully saturated rings. The van der Waals surface area contributed by atoms with E-state index in [1.807, 2.05) is 0 Å². The van der Waals surface area contributed by atoms with Crippen LogP contribution in [-0.2, 0) is 11.7 Å². The number of aliphatic hydroxyl groups is 1. The van der Waals surface area contributed by atoms with Gasteiger partial charge in [0.05, 0.1) is 23.4 Å². The minimum atomic E-state index is -4.69. The Bertz CT molecular complexity index is 578. The van der Waals surface area contributed by atoms with Crippen LogP contribution in [0.3, 0.4) is 0 Å². The SMILES string of the molecule is CC(C)(C)n1ncc(C(=O)NCC2CNCC2O)c1C(F)(F)F. The Balaban J connectivity index is 2.21. The Kier molecular flexibility index (Phi) is 4.72. The van der Waals surface area contributed by atoms with Crippen LogP contribution in [0.2, 0.25) is 0 Å². The number of nitrogens with one attached hydrogen (secondary N) is 2. The van der Waals surface area contributed by atoms with Crippen molar-refractivity contribution in [3.8, 4) is 0 Å². The van der Waals surface area contributed by atoms with Crippen LogP contribution in [0.15, 0.2) is 6.20 Å². The second kappa shape index (κ2) is 6.12. The molecule has 0 saturated carbocycles. The third kappa shape index (κ3) is 3.84. The summed E-state index contributed by atoms with van der Waals surface area (Å²) < 4.78 is 40.8. The normalized spacial score (nSPS) is 22.4. The molecule has 1 saturated heterocycles. The third-order valence-electron chi connectivity index (χ3n) is 3.75. The molecule has 2 unspecified atom stereocenters. The van der Waals surface area contributed by atoms with Gasteiger partial charge in [0.15, 0.2) is 5.69 Å². The van der Waals surface area contributed by atoms with E-state index in [9.17, 15) is 23.1 Å². The predicted molar refractivity (Wildman–Crippen MR) is 76.9 cm³/mol. The first-order valence-electron chi connectivity index (χ1n) is 7.34. The van der Waals surface area contributed by atoms with Crippen LogP contribution in [0.25, 0.3) is 0 Å². The fraction of sp³-hybridized carbons (Fsp3) is 0.714. The van der Waals surface area contributed by atoms with E-state index in [0.717, 1.165) is 10.9 Å². The largest absolute Gasteiger partial charge is 0.433 e. The van der Waals surface area contributed by atoms with Crippen molar-refractivity contribution in [2.45, 2.75) is 38.6 Å². The van der Waals surface area contributed by atoms with E-state index in [1.165, 1.54) is 0 Å². The van der Waals surface area contributed by atoms with Crippen LogP contribution < -0.4 is 10.6 Å². The number of hydrogen-bond donors (Lipinski definition) is 3. The van der Waals surface area contributed by atoms with Crippen molar-refractivity contribution in [2.24, 2.45) is 5.92 Å². The molecule has 2 rings (SSSR count). The number of amides is 1. The van der Waals surface area contributed by atoms with Gasteiger partial charge in [0, 0.05) is 25.6 Å². The number of carbonyl (C=O) groups is 1. The average Bonchev–Trinajstić information content (AvgIpc) is 3.00. The maximum atomic E-state index is 13.3. The van der Waals surface area contributed by atoms with Gasteiger partial charge in [0.2, 0.25) is 0 Å². The van der Waals surface area contributed by atoms with E-state index in [2.05, 4.69) is 15.7 Å². The summed E-state index contributed by atoms with van der Waals surface area (Å²) in [4.78, 5) is 12.1. The van der Waals surface area contributed by atoms with Gasteiger partial charge in [-0.1, -0.05) is 0 Å². The number of halogens is 3. The van der Waals surface area contributed by atoms with Gasteiger partial charge in [-0.3, -0.25) is 9.48 Å². The van der Waals surface area contributed by atoms with E-state index in [1.54, 1.807) is 20.8 Å². The number of rotatable bonds is 3. The first-order valence-corrected chi connectivity index (χ1v) is 7.34. The Labute approximate surface area is 132 Å². The topological polar surface area (TPSA) is 79.2 Å². The zero-order valence-corrected chi connectivity index (χ0v) is 13.2.